The largest absolute Gasteiger partial charge is 0.492 e. The van der Waals surface area contributed by atoms with Gasteiger partial charge in [0.2, 0.25) is 0 Å². The number of fused-ring (bicyclic) bond motifs is 1. The predicted molar refractivity (Wildman–Crippen MR) is 188 cm³/mol. The van der Waals surface area contributed by atoms with E-state index in [4.69, 9.17) is 29.0 Å². The number of amides is 3. The second kappa shape index (κ2) is 15.5. The summed E-state index contributed by atoms with van der Waals surface area (Å²) in [7, 11) is 0. The number of carbonyl (C=O) groups excluding carboxylic acids is 2. The zero-order valence-electron chi connectivity index (χ0n) is 29.6. The molecule has 4 heterocycles. The molecule has 2 aliphatic rings. The van der Waals surface area contributed by atoms with Gasteiger partial charge in [-0.3, -0.25) is 0 Å². The maximum Gasteiger partial charge on any atom is 0.421 e. The number of ether oxygens (including phenoxy) is 4. The molecule has 4 aromatic rings. The minimum absolute atomic E-state index is 0.0524. The van der Waals surface area contributed by atoms with Crippen molar-refractivity contribution < 1.29 is 28.5 Å². The lowest BCUT2D eigenvalue weighted by Gasteiger charge is -2.26. The normalized spacial score (nSPS) is 18.2. The Bertz CT molecular complexity index is 1750. The van der Waals surface area contributed by atoms with Gasteiger partial charge in [-0.1, -0.05) is 0 Å². The monoisotopic (exact) mass is 688 g/mol. The van der Waals surface area contributed by atoms with Crippen molar-refractivity contribution in [2.24, 2.45) is 0 Å². The molecule has 2 atom stereocenters. The summed E-state index contributed by atoms with van der Waals surface area (Å²) >= 11 is 0. The summed E-state index contributed by atoms with van der Waals surface area (Å²) in [6.45, 7) is 11.3. The van der Waals surface area contributed by atoms with Crippen molar-refractivity contribution in [1.29, 1.82) is 0 Å². The molecule has 2 aromatic heterocycles. The smallest absolute Gasteiger partial charge is 0.421 e. The van der Waals surface area contributed by atoms with Crippen LogP contribution in [0.4, 0.5) is 21.2 Å². The summed E-state index contributed by atoms with van der Waals surface area (Å²) in [6, 6.07) is 13.0. The number of benzene rings is 2. The van der Waals surface area contributed by atoms with E-state index in [1.165, 1.54) is 4.90 Å². The molecule has 0 bridgehead atoms. The van der Waals surface area contributed by atoms with E-state index >= 15 is 0 Å². The molecule has 0 spiro atoms. The van der Waals surface area contributed by atoms with Crippen LogP contribution in [-0.4, -0.2) is 74.7 Å². The average Bonchev–Trinajstić information content (AvgIpc) is 3.72. The summed E-state index contributed by atoms with van der Waals surface area (Å²) in [4.78, 5) is 32.2. The van der Waals surface area contributed by atoms with Crippen molar-refractivity contribution >= 4 is 34.7 Å². The third-order valence-corrected chi connectivity index (χ3v) is 8.28. The van der Waals surface area contributed by atoms with Crippen LogP contribution >= 0.6 is 0 Å². The van der Waals surface area contributed by atoms with Crippen molar-refractivity contribution in [3.8, 4) is 17.1 Å². The molecule has 2 aromatic carbocycles. The van der Waals surface area contributed by atoms with Gasteiger partial charge in [0, 0.05) is 30.2 Å². The van der Waals surface area contributed by atoms with Gasteiger partial charge < -0.3 is 29.6 Å². The fraction of sp³-hybridized carbons (Fsp3) is 0.528. The molecule has 2 saturated heterocycles. The van der Waals surface area contributed by atoms with Crippen LogP contribution in [-0.2, 0) is 14.2 Å². The quantitative estimate of drug-likeness (QED) is 0.171. The minimum Gasteiger partial charge on any atom is -0.492 e. The van der Waals surface area contributed by atoms with E-state index in [1.807, 2.05) is 81.8 Å². The lowest BCUT2D eigenvalue weighted by Crippen LogP contribution is -2.41. The highest BCUT2D eigenvalue weighted by Crippen LogP contribution is 2.35. The molecule has 0 aliphatic carbocycles. The fourth-order valence-electron chi connectivity index (χ4n) is 6.00. The Hall–Kier alpha value is -4.69. The fourth-order valence-corrected chi connectivity index (χ4v) is 6.00. The Morgan fingerprint density at radius 1 is 0.980 bits per heavy atom. The van der Waals surface area contributed by atoms with E-state index in [2.05, 4.69) is 15.7 Å². The maximum atomic E-state index is 13.9. The average molecular weight is 689 g/mol. The molecule has 268 valence electrons. The van der Waals surface area contributed by atoms with Crippen molar-refractivity contribution in [3.63, 3.8) is 0 Å². The van der Waals surface area contributed by atoms with Gasteiger partial charge >= 0.3 is 12.1 Å². The molecule has 0 saturated carbocycles. The summed E-state index contributed by atoms with van der Waals surface area (Å²) in [5.74, 6) is 1.35. The first-order chi connectivity index (χ1) is 24.1. The summed E-state index contributed by atoms with van der Waals surface area (Å²) in [5.41, 5.74) is 1.47. The first kappa shape index (κ1) is 35.1. The van der Waals surface area contributed by atoms with E-state index < -0.39 is 11.7 Å². The number of anilines is 2. The first-order valence-electron chi connectivity index (χ1n) is 17.5. The number of nitrogens with one attached hydrogen (secondary N) is 2. The Morgan fingerprint density at radius 2 is 1.68 bits per heavy atom. The zero-order chi connectivity index (χ0) is 35.3. The third-order valence-electron chi connectivity index (χ3n) is 8.28. The maximum absolute atomic E-state index is 13.9. The molecule has 14 nitrogen and oxygen atoms in total. The molecular weight excluding hydrogens is 640 g/mol. The van der Waals surface area contributed by atoms with Gasteiger partial charge in [0.1, 0.15) is 18.0 Å². The number of rotatable bonds is 10. The van der Waals surface area contributed by atoms with Crippen LogP contribution in [0.2, 0.25) is 0 Å². The predicted octanol–water partition coefficient (Wildman–Crippen LogP) is 6.85. The molecule has 2 aliphatic heterocycles. The Morgan fingerprint density at radius 3 is 2.32 bits per heavy atom. The highest BCUT2D eigenvalue weighted by Gasteiger charge is 2.32. The van der Waals surface area contributed by atoms with Crippen molar-refractivity contribution in [2.45, 2.75) is 97.2 Å². The second-order valence-corrected chi connectivity index (χ2v) is 13.9. The molecular formula is C36H48N8O6. The van der Waals surface area contributed by atoms with Gasteiger partial charge in [0.25, 0.3) is 5.95 Å². The van der Waals surface area contributed by atoms with E-state index in [0.717, 1.165) is 55.0 Å². The Kier molecular flexibility index (Phi) is 10.9. The summed E-state index contributed by atoms with van der Waals surface area (Å²) < 4.78 is 27.6. The van der Waals surface area contributed by atoms with Gasteiger partial charge in [0.05, 0.1) is 23.9 Å². The van der Waals surface area contributed by atoms with E-state index in [1.54, 1.807) is 10.9 Å². The topological polar surface area (TPSA) is 147 Å². The van der Waals surface area contributed by atoms with Gasteiger partial charge in [-0.05, 0) is 116 Å². The molecule has 2 fully saturated rings. The van der Waals surface area contributed by atoms with Crippen LogP contribution in [0, 0.1) is 0 Å². The van der Waals surface area contributed by atoms with Gasteiger partial charge in [-0.25, -0.2) is 23.9 Å². The molecule has 0 radical (unpaired) electrons. The van der Waals surface area contributed by atoms with Crippen LogP contribution in [0.1, 0.15) is 85.6 Å². The van der Waals surface area contributed by atoms with Crippen molar-refractivity contribution in [2.75, 3.05) is 31.3 Å². The number of nitrogens with zero attached hydrogens (tertiary/aromatic N) is 6. The number of carbonyl (C=O) groups is 2. The molecule has 6 rings (SSSR count). The Balaban J connectivity index is 1.30. The van der Waals surface area contributed by atoms with Crippen LogP contribution in [0.3, 0.4) is 0 Å². The standard InChI is InChI=1S/C36H48N8O6/c1-24(2)39-34(45)37-18-21-47-28-15-12-25(13-16-28)32-40-33(41-44(32)31-11-7-9-20-49-31)42(35(46)50-36(3,4)5)27-14-17-29-26(22-27)23-38-43(29)30-10-6-8-19-48-30/h12-17,22-24,30-31H,6-11,18-21H2,1-5H3,(H2,37,39,45). The molecule has 50 heavy (non-hydrogen) atoms. The molecule has 2 N–H and O–H groups in total. The molecule has 3 amide bonds. The van der Waals surface area contributed by atoms with Crippen molar-refractivity contribution in [1.82, 2.24) is 35.2 Å². The van der Waals surface area contributed by atoms with Crippen LogP contribution in [0.5, 0.6) is 5.75 Å². The summed E-state index contributed by atoms with van der Waals surface area (Å²) in [5, 5.41) is 16.0. The highest BCUT2D eigenvalue weighted by molar-refractivity contribution is 5.97. The number of aromatic nitrogens is 5. The Labute approximate surface area is 292 Å². The van der Waals surface area contributed by atoms with E-state index in [-0.39, 0.29) is 30.5 Å². The third kappa shape index (κ3) is 8.53. The van der Waals surface area contributed by atoms with Crippen LogP contribution < -0.4 is 20.3 Å². The zero-order valence-corrected chi connectivity index (χ0v) is 29.6. The van der Waals surface area contributed by atoms with Gasteiger partial charge in [-0.15, -0.1) is 5.10 Å². The van der Waals surface area contributed by atoms with E-state index in [9.17, 15) is 9.59 Å². The van der Waals surface area contributed by atoms with Crippen molar-refractivity contribution in [3.05, 3.63) is 48.7 Å². The number of hydrogen-bond donors (Lipinski definition) is 2. The SMILES string of the molecule is CC(C)NC(=O)NCCOc1ccc(-c2nc(N(C(=O)OC(C)(C)C)c3ccc4c(cnn4C4CCCCO4)c3)nn2C2CCCCO2)cc1. The number of urea groups is 1. The lowest BCUT2D eigenvalue weighted by molar-refractivity contribution is -0.0384. The summed E-state index contributed by atoms with van der Waals surface area (Å²) in [6.07, 6.45) is 6.47. The van der Waals surface area contributed by atoms with Gasteiger partial charge in [0.15, 0.2) is 18.3 Å². The molecule has 2 unspecified atom stereocenters. The lowest BCUT2D eigenvalue weighted by atomic mass is 10.1. The van der Waals surface area contributed by atoms with Crippen LogP contribution in [0.15, 0.2) is 48.7 Å². The number of hydrogen-bond acceptors (Lipinski definition) is 9. The van der Waals surface area contributed by atoms with Crippen LogP contribution in [0.25, 0.3) is 22.3 Å². The highest BCUT2D eigenvalue weighted by atomic mass is 16.6. The molecule has 14 heteroatoms. The van der Waals surface area contributed by atoms with Gasteiger partial charge in [-0.2, -0.15) is 10.1 Å². The second-order valence-electron chi connectivity index (χ2n) is 13.9. The minimum atomic E-state index is -0.760. The van der Waals surface area contributed by atoms with E-state index in [0.29, 0.717) is 43.6 Å². The first-order valence-corrected chi connectivity index (χ1v) is 17.5.